The predicted molar refractivity (Wildman–Crippen MR) is 72.9 cm³/mol. The second kappa shape index (κ2) is 5.25. The Morgan fingerprint density at radius 3 is 2.12 bits per heavy atom. The van der Waals surface area contributed by atoms with Crippen molar-refractivity contribution in [2.75, 3.05) is 13.6 Å². The highest BCUT2D eigenvalue weighted by atomic mass is 16.3. The third kappa shape index (κ3) is 3.94. The lowest BCUT2D eigenvalue weighted by Gasteiger charge is -2.43. The van der Waals surface area contributed by atoms with Crippen molar-refractivity contribution in [3.05, 3.63) is 0 Å². The molecule has 0 aromatic heterocycles. The first-order valence-electron chi connectivity index (χ1n) is 6.84. The molecule has 102 valence electrons. The molecule has 1 aliphatic carbocycles. The van der Waals surface area contributed by atoms with Crippen molar-refractivity contribution in [2.24, 2.45) is 11.1 Å². The van der Waals surface area contributed by atoms with Gasteiger partial charge < -0.3 is 10.8 Å². The molecule has 3 heteroatoms. The number of nitrogens with zero attached hydrogens (tertiary/aromatic N) is 1. The molecule has 2 atom stereocenters. The van der Waals surface area contributed by atoms with E-state index in [0.717, 1.165) is 32.2 Å². The fourth-order valence-electron chi connectivity index (χ4n) is 3.61. The summed E-state index contributed by atoms with van der Waals surface area (Å²) in [6.07, 6.45) is 4.19. The lowest BCUT2D eigenvalue weighted by atomic mass is 9.81. The first kappa shape index (κ1) is 14.9. The monoisotopic (exact) mass is 242 g/mol. The molecule has 3 N–H and O–H groups in total. The van der Waals surface area contributed by atoms with Crippen LogP contribution in [0.5, 0.6) is 0 Å². The van der Waals surface area contributed by atoms with E-state index in [1.807, 2.05) is 0 Å². The molecular formula is C14H30N2O. The average Bonchev–Trinajstić information content (AvgIpc) is 2.47. The standard InChI is InChI=1S/C14H30N2O/c1-11(15)12(13(2,3)4)16(5)10-14(17)8-6-7-9-14/h11-12,17H,6-10,15H2,1-5H3. The van der Waals surface area contributed by atoms with E-state index in [1.165, 1.54) is 0 Å². The zero-order valence-electron chi connectivity index (χ0n) is 12.2. The Bertz CT molecular complexity index is 239. The Hall–Kier alpha value is -0.120. The van der Waals surface area contributed by atoms with Gasteiger partial charge in [-0.3, -0.25) is 4.90 Å². The minimum atomic E-state index is -0.479. The normalized spacial score (nSPS) is 24.0. The molecule has 0 aliphatic heterocycles. The van der Waals surface area contributed by atoms with Crippen molar-refractivity contribution in [3.8, 4) is 0 Å². The topological polar surface area (TPSA) is 49.5 Å². The maximum absolute atomic E-state index is 10.5. The number of aliphatic hydroxyl groups is 1. The van der Waals surface area contributed by atoms with E-state index in [9.17, 15) is 5.11 Å². The van der Waals surface area contributed by atoms with Gasteiger partial charge in [-0.1, -0.05) is 33.6 Å². The van der Waals surface area contributed by atoms with Crippen molar-refractivity contribution in [3.63, 3.8) is 0 Å². The molecule has 3 nitrogen and oxygen atoms in total. The van der Waals surface area contributed by atoms with Crippen molar-refractivity contribution in [1.82, 2.24) is 4.90 Å². The number of nitrogens with two attached hydrogens (primary N) is 1. The van der Waals surface area contributed by atoms with Gasteiger partial charge in [0.25, 0.3) is 0 Å². The summed E-state index contributed by atoms with van der Waals surface area (Å²) in [5.74, 6) is 0. The van der Waals surface area contributed by atoms with Crippen LogP contribution in [0, 0.1) is 5.41 Å². The van der Waals surface area contributed by atoms with Crippen LogP contribution in [0.2, 0.25) is 0 Å². The molecule has 1 aliphatic rings. The lowest BCUT2D eigenvalue weighted by Crippen LogP contribution is -2.55. The van der Waals surface area contributed by atoms with E-state index in [-0.39, 0.29) is 11.5 Å². The summed E-state index contributed by atoms with van der Waals surface area (Å²) in [7, 11) is 2.09. The van der Waals surface area contributed by atoms with E-state index < -0.39 is 5.60 Å². The largest absolute Gasteiger partial charge is 0.389 e. The summed E-state index contributed by atoms with van der Waals surface area (Å²) in [6, 6.07) is 0.414. The van der Waals surface area contributed by atoms with Gasteiger partial charge in [-0.25, -0.2) is 0 Å². The van der Waals surface area contributed by atoms with Crippen LogP contribution >= 0.6 is 0 Å². The van der Waals surface area contributed by atoms with Crippen molar-refractivity contribution in [1.29, 1.82) is 0 Å². The maximum Gasteiger partial charge on any atom is 0.0774 e. The smallest absolute Gasteiger partial charge is 0.0774 e. The summed E-state index contributed by atoms with van der Waals surface area (Å²) in [6.45, 7) is 9.46. The van der Waals surface area contributed by atoms with Crippen LogP contribution in [-0.2, 0) is 0 Å². The molecule has 1 saturated carbocycles. The van der Waals surface area contributed by atoms with Crippen molar-refractivity contribution in [2.45, 2.75) is 71.1 Å². The molecular weight excluding hydrogens is 212 g/mol. The molecule has 2 unspecified atom stereocenters. The van der Waals surface area contributed by atoms with E-state index >= 15 is 0 Å². The van der Waals surface area contributed by atoms with Gasteiger partial charge in [0.05, 0.1) is 5.60 Å². The molecule has 0 spiro atoms. The Morgan fingerprint density at radius 1 is 1.29 bits per heavy atom. The maximum atomic E-state index is 10.5. The summed E-state index contributed by atoms with van der Waals surface area (Å²) in [4.78, 5) is 2.26. The fourth-order valence-corrected chi connectivity index (χ4v) is 3.61. The van der Waals surface area contributed by atoms with E-state index in [4.69, 9.17) is 5.73 Å². The highest BCUT2D eigenvalue weighted by Crippen LogP contribution is 2.33. The Balaban J connectivity index is 2.69. The molecule has 0 saturated heterocycles. The van der Waals surface area contributed by atoms with Crippen LogP contribution in [-0.4, -0.2) is 41.3 Å². The molecule has 0 aromatic carbocycles. The number of hydrogen-bond donors (Lipinski definition) is 2. The molecule has 1 rings (SSSR count). The molecule has 0 bridgehead atoms. The summed E-state index contributed by atoms with van der Waals surface area (Å²) in [5, 5.41) is 10.5. The van der Waals surface area contributed by atoms with Gasteiger partial charge in [-0.05, 0) is 32.2 Å². The van der Waals surface area contributed by atoms with Gasteiger partial charge in [-0.2, -0.15) is 0 Å². The average molecular weight is 242 g/mol. The third-order valence-corrected chi connectivity index (χ3v) is 3.94. The molecule has 17 heavy (non-hydrogen) atoms. The fraction of sp³-hybridized carbons (Fsp3) is 1.00. The van der Waals surface area contributed by atoms with Gasteiger partial charge in [-0.15, -0.1) is 0 Å². The number of hydrogen-bond acceptors (Lipinski definition) is 3. The van der Waals surface area contributed by atoms with Crippen molar-refractivity contribution < 1.29 is 5.11 Å². The van der Waals surface area contributed by atoms with Crippen LogP contribution in [0.15, 0.2) is 0 Å². The molecule has 1 fully saturated rings. The highest BCUT2D eigenvalue weighted by Gasteiger charge is 2.38. The number of likely N-dealkylation sites (N-methyl/N-ethyl adjacent to an activating group) is 1. The van der Waals surface area contributed by atoms with E-state index in [0.29, 0.717) is 6.04 Å². The van der Waals surface area contributed by atoms with Crippen LogP contribution in [0.25, 0.3) is 0 Å². The van der Waals surface area contributed by atoms with E-state index in [1.54, 1.807) is 0 Å². The van der Waals surface area contributed by atoms with Crippen LogP contribution in [0.3, 0.4) is 0 Å². The van der Waals surface area contributed by atoms with Crippen LogP contribution < -0.4 is 5.73 Å². The highest BCUT2D eigenvalue weighted by molar-refractivity contribution is 4.93. The Morgan fingerprint density at radius 2 is 1.76 bits per heavy atom. The molecule has 0 radical (unpaired) electrons. The van der Waals surface area contributed by atoms with Crippen molar-refractivity contribution >= 4 is 0 Å². The van der Waals surface area contributed by atoms with Gasteiger partial charge in [0.15, 0.2) is 0 Å². The minimum absolute atomic E-state index is 0.116. The summed E-state index contributed by atoms with van der Waals surface area (Å²) >= 11 is 0. The van der Waals surface area contributed by atoms with Gasteiger partial charge >= 0.3 is 0 Å². The minimum Gasteiger partial charge on any atom is -0.389 e. The predicted octanol–water partition coefficient (Wildman–Crippen LogP) is 1.99. The molecule has 0 amide bonds. The Kier molecular flexibility index (Phi) is 4.61. The molecule has 0 aromatic rings. The van der Waals surface area contributed by atoms with Gasteiger partial charge in [0.1, 0.15) is 0 Å². The molecule has 0 heterocycles. The van der Waals surface area contributed by atoms with E-state index in [2.05, 4.69) is 39.6 Å². The number of rotatable bonds is 4. The summed E-state index contributed by atoms with van der Waals surface area (Å²) in [5.41, 5.74) is 5.78. The second-order valence-electron chi connectivity index (χ2n) is 7.02. The third-order valence-electron chi connectivity index (χ3n) is 3.94. The second-order valence-corrected chi connectivity index (χ2v) is 7.02. The quantitative estimate of drug-likeness (QED) is 0.792. The first-order valence-corrected chi connectivity index (χ1v) is 6.84. The Labute approximate surface area is 106 Å². The van der Waals surface area contributed by atoms with Gasteiger partial charge in [0.2, 0.25) is 0 Å². The van der Waals surface area contributed by atoms with Crippen LogP contribution in [0.1, 0.15) is 53.4 Å². The zero-order valence-corrected chi connectivity index (χ0v) is 12.2. The first-order chi connectivity index (χ1) is 7.66. The SMILES string of the molecule is CC(N)C(N(C)CC1(O)CCCC1)C(C)(C)C. The van der Waals surface area contributed by atoms with Gasteiger partial charge in [0, 0.05) is 18.6 Å². The van der Waals surface area contributed by atoms with Crippen LogP contribution in [0.4, 0.5) is 0 Å². The zero-order chi connectivity index (χ0) is 13.3. The summed E-state index contributed by atoms with van der Waals surface area (Å²) < 4.78 is 0. The lowest BCUT2D eigenvalue weighted by molar-refractivity contribution is -0.0147.